The van der Waals surface area contributed by atoms with E-state index in [0.717, 1.165) is 38.5 Å². The first-order valence-electron chi connectivity index (χ1n) is 5.72. The maximum Gasteiger partial charge on any atom is 0.326 e. The molecular formula is C11H19NO2. The van der Waals surface area contributed by atoms with E-state index in [0.29, 0.717) is 12.6 Å². The molecule has 2 aliphatic heterocycles. The number of ether oxygens (including phenoxy) is 1. The smallest absolute Gasteiger partial charge is 0.326 e. The summed E-state index contributed by atoms with van der Waals surface area (Å²) in [6.45, 7) is 2.69. The summed E-state index contributed by atoms with van der Waals surface area (Å²) < 4.78 is 5.29. The zero-order valence-electron chi connectivity index (χ0n) is 8.84. The van der Waals surface area contributed by atoms with E-state index in [1.54, 1.807) is 0 Å². The number of hydrogen-bond donors (Lipinski definition) is 1. The summed E-state index contributed by atoms with van der Waals surface area (Å²) in [5.74, 6) is -0.00838. The van der Waals surface area contributed by atoms with E-state index >= 15 is 0 Å². The largest absolute Gasteiger partial charge is 0.464 e. The summed E-state index contributed by atoms with van der Waals surface area (Å²) in [6.07, 6.45) is 6.29. The van der Waals surface area contributed by atoms with Crippen molar-refractivity contribution in [1.82, 2.24) is 5.32 Å². The monoisotopic (exact) mass is 197 g/mol. The van der Waals surface area contributed by atoms with Gasteiger partial charge in [-0.25, -0.2) is 0 Å². The van der Waals surface area contributed by atoms with Crippen LogP contribution in [0.25, 0.3) is 0 Å². The molecule has 0 aliphatic carbocycles. The molecule has 0 unspecified atom stereocenters. The normalized spacial score (nSPS) is 34.8. The van der Waals surface area contributed by atoms with Crippen LogP contribution in [0.5, 0.6) is 0 Å². The molecule has 0 radical (unpaired) electrons. The van der Waals surface area contributed by atoms with Crippen molar-refractivity contribution in [2.24, 2.45) is 0 Å². The molecule has 2 bridgehead atoms. The first-order valence-corrected chi connectivity index (χ1v) is 5.72. The summed E-state index contributed by atoms with van der Waals surface area (Å²) >= 11 is 0. The predicted octanol–water partition coefficient (Wildman–Crippen LogP) is 1.61. The van der Waals surface area contributed by atoms with E-state index in [1.165, 1.54) is 0 Å². The van der Waals surface area contributed by atoms with Gasteiger partial charge in [-0.05, 0) is 32.1 Å². The van der Waals surface area contributed by atoms with Crippen LogP contribution in [0.3, 0.4) is 0 Å². The summed E-state index contributed by atoms with van der Waals surface area (Å²) in [7, 11) is 0. The molecule has 3 nitrogen and oxygen atoms in total. The highest BCUT2D eigenvalue weighted by Gasteiger charge is 2.50. The Morgan fingerprint density at radius 3 is 2.71 bits per heavy atom. The van der Waals surface area contributed by atoms with Crippen LogP contribution in [0.1, 0.15) is 45.4 Å². The second-order valence-electron chi connectivity index (χ2n) is 4.49. The molecule has 2 saturated heterocycles. The molecule has 1 N–H and O–H groups in total. The number of carbonyl (C=O) groups is 1. The predicted molar refractivity (Wildman–Crippen MR) is 54.0 cm³/mol. The standard InChI is InChI=1S/C11H19NO2/c1-2-3-8-14-10(13)11-6-4-9(12-11)5-7-11/h9,12H,2-8H2,1H3. The number of carbonyl (C=O) groups excluding carboxylic acids is 1. The molecule has 0 aromatic carbocycles. The lowest BCUT2D eigenvalue weighted by molar-refractivity contribution is -0.151. The second-order valence-corrected chi connectivity index (χ2v) is 4.49. The Balaban J connectivity index is 1.85. The maximum absolute atomic E-state index is 11.8. The van der Waals surface area contributed by atoms with Crippen molar-refractivity contribution in [2.45, 2.75) is 57.0 Å². The van der Waals surface area contributed by atoms with Gasteiger partial charge in [-0.2, -0.15) is 0 Å². The Morgan fingerprint density at radius 1 is 1.50 bits per heavy atom. The lowest BCUT2D eigenvalue weighted by Crippen LogP contribution is -2.45. The Morgan fingerprint density at radius 2 is 2.21 bits per heavy atom. The number of unbranched alkanes of at least 4 members (excludes halogenated alkanes) is 1. The van der Waals surface area contributed by atoms with Crippen molar-refractivity contribution in [1.29, 1.82) is 0 Å². The third-order valence-electron chi connectivity index (χ3n) is 3.44. The quantitative estimate of drug-likeness (QED) is 0.549. The van der Waals surface area contributed by atoms with Crippen LogP contribution in [0.4, 0.5) is 0 Å². The van der Waals surface area contributed by atoms with Crippen molar-refractivity contribution >= 4 is 5.97 Å². The summed E-state index contributed by atoms with van der Waals surface area (Å²) in [5, 5.41) is 3.39. The average Bonchev–Trinajstić information content (AvgIpc) is 2.78. The molecule has 2 fully saturated rings. The molecule has 80 valence electrons. The minimum Gasteiger partial charge on any atom is -0.464 e. The molecule has 2 rings (SSSR count). The highest BCUT2D eigenvalue weighted by molar-refractivity contribution is 5.82. The van der Waals surface area contributed by atoms with Gasteiger partial charge in [0.05, 0.1) is 6.61 Å². The van der Waals surface area contributed by atoms with Gasteiger partial charge in [-0.15, -0.1) is 0 Å². The molecule has 3 heteroatoms. The minimum atomic E-state index is -0.293. The molecular weight excluding hydrogens is 178 g/mol. The van der Waals surface area contributed by atoms with Crippen molar-refractivity contribution in [3.8, 4) is 0 Å². The highest BCUT2D eigenvalue weighted by Crippen LogP contribution is 2.38. The van der Waals surface area contributed by atoms with E-state index in [4.69, 9.17) is 4.74 Å². The first kappa shape index (κ1) is 9.97. The molecule has 2 aliphatic rings. The van der Waals surface area contributed by atoms with Crippen LogP contribution in [0, 0.1) is 0 Å². The maximum atomic E-state index is 11.8. The summed E-state index contributed by atoms with van der Waals surface area (Å²) in [5.41, 5.74) is -0.293. The fraction of sp³-hybridized carbons (Fsp3) is 0.909. The third-order valence-corrected chi connectivity index (χ3v) is 3.44. The van der Waals surface area contributed by atoms with E-state index in [9.17, 15) is 4.79 Å². The van der Waals surface area contributed by atoms with Crippen LogP contribution in [-0.4, -0.2) is 24.2 Å². The molecule has 0 aromatic heterocycles. The van der Waals surface area contributed by atoms with Gasteiger partial charge in [0.2, 0.25) is 0 Å². The van der Waals surface area contributed by atoms with Gasteiger partial charge in [0.15, 0.2) is 0 Å². The van der Waals surface area contributed by atoms with Gasteiger partial charge >= 0.3 is 5.97 Å². The molecule has 0 atom stereocenters. The topological polar surface area (TPSA) is 38.3 Å². The first-order chi connectivity index (χ1) is 6.77. The van der Waals surface area contributed by atoms with E-state index < -0.39 is 0 Å². The Hall–Kier alpha value is -0.570. The highest BCUT2D eigenvalue weighted by atomic mass is 16.5. The molecule has 2 heterocycles. The van der Waals surface area contributed by atoms with Crippen molar-refractivity contribution in [3.63, 3.8) is 0 Å². The van der Waals surface area contributed by atoms with Crippen molar-refractivity contribution in [3.05, 3.63) is 0 Å². The Labute approximate surface area is 85.2 Å². The Kier molecular flexibility index (Phi) is 2.77. The van der Waals surface area contributed by atoms with Gasteiger partial charge in [0.25, 0.3) is 0 Å². The van der Waals surface area contributed by atoms with Crippen LogP contribution >= 0.6 is 0 Å². The number of hydrogen-bond acceptors (Lipinski definition) is 3. The van der Waals surface area contributed by atoms with E-state index in [1.807, 2.05) is 0 Å². The molecule has 0 spiro atoms. The lowest BCUT2D eigenvalue weighted by atomic mass is 9.88. The third kappa shape index (κ3) is 1.65. The van der Waals surface area contributed by atoms with Gasteiger partial charge in [-0.1, -0.05) is 13.3 Å². The molecule has 0 aromatic rings. The fourth-order valence-electron chi connectivity index (χ4n) is 2.50. The molecule has 0 amide bonds. The number of esters is 1. The summed E-state index contributed by atoms with van der Waals surface area (Å²) in [4.78, 5) is 11.8. The average molecular weight is 197 g/mol. The zero-order chi connectivity index (χ0) is 10.0. The molecule has 14 heavy (non-hydrogen) atoms. The van der Waals surface area contributed by atoms with Crippen LogP contribution < -0.4 is 5.32 Å². The van der Waals surface area contributed by atoms with Crippen LogP contribution in [-0.2, 0) is 9.53 Å². The van der Waals surface area contributed by atoms with Gasteiger partial charge in [-0.3, -0.25) is 10.1 Å². The fourth-order valence-corrected chi connectivity index (χ4v) is 2.50. The number of nitrogens with one attached hydrogen (secondary N) is 1. The second kappa shape index (κ2) is 3.89. The number of fused-ring (bicyclic) bond motifs is 2. The zero-order valence-corrected chi connectivity index (χ0v) is 8.84. The van der Waals surface area contributed by atoms with Crippen molar-refractivity contribution < 1.29 is 9.53 Å². The van der Waals surface area contributed by atoms with E-state index in [2.05, 4.69) is 12.2 Å². The number of rotatable bonds is 4. The lowest BCUT2D eigenvalue weighted by Gasteiger charge is -2.23. The van der Waals surface area contributed by atoms with Crippen LogP contribution in [0.15, 0.2) is 0 Å². The Bertz CT molecular complexity index is 219. The minimum absolute atomic E-state index is 0.00838. The van der Waals surface area contributed by atoms with Gasteiger partial charge in [0, 0.05) is 6.04 Å². The van der Waals surface area contributed by atoms with Crippen LogP contribution in [0.2, 0.25) is 0 Å². The van der Waals surface area contributed by atoms with Gasteiger partial charge < -0.3 is 4.74 Å². The van der Waals surface area contributed by atoms with Gasteiger partial charge in [0.1, 0.15) is 5.54 Å². The molecule has 0 saturated carbocycles. The SMILES string of the molecule is CCCCOC(=O)C12CCC(CC1)N2. The van der Waals surface area contributed by atoms with Crippen molar-refractivity contribution in [2.75, 3.05) is 6.61 Å². The summed E-state index contributed by atoms with van der Waals surface area (Å²) in [6, 6.07) is 0.578. The van der Waals surface area contributed by atoms with E-state index in [-0.39, 0.29) is 11.5 Å².